The van der Waals surface area contributed by atoms with E-state index in [0.717, 1.165) is 25.7 Å². The molecule has 1 saturated carbocycles. The van der Waals surface area contributed by atoms with Crippen LogP contribution in [-0.4, -0.2) is 17.2 Å². The van der Waals surface area contributed by atoms with Crippen molar-refractivity contribution in [3.8, 4) is 0 Å². The minimum atomic E-state index is -0.767. The van der Waals surface area contributed by atoms with Crippen molar-refractivity contribution in [3.05, 3.63) is 29.8 Å². The molecule has 20 heavy (non-hydrogen) atoms. The topological polar surface area (TPSA) is 72.2 Å². The third-order valence-electron chi connectivity index (χ3n) is 4.03. The van der Waals surface area contributed by atoms with Gasteiger partial charge in [0.05, 0.1) is 5.54 Å². The number of carbonyl (C=O) groups excluding carboxylic acids is 2. The molecule has 2 atom stereocenters. The first-order valence-electron chi connectivity index (χ1n) is 7.12. The molecule has 1 aliphatic rings. The molecule has 1 aromatic carbocycles. The highest BCUT2D eigenvalue weighted by atomic mass is 16.2. The van der Waals surface area contributed by atoms with Gasteiger partial charge in [-0.1, -0.05) is 19.8 Å². The van der Waals surface area contributed by atoms with Crippen LogP contribution in [0.5, 0.6) is 0 Å². The molecule has 0 aromatic heterocycles. The Hall–Kier alpha value is -1.68. The molecule has 4 nitrogen and oxygen atoms in total. The number of nitrogens with one attached hydrogen (secondary N) is 1. The number of rotatable bonds is 3. The maximum absolute atomic E-state index is 12.4. The highest BCUT2D eigenvalue weighted by Crippen LogP contribution is 2.31. The molecule has 4 heteroatoms. The molecule has 2 rings (SSSR count). The Bertz CT molecular complexity index is 510. The summed E-state index contributed by atoms with van der Waals surface area (Å²) < 4.78 is 0. The monoisotopic (exact) mass is 274 g/mol. The number of benzene rings is 1. The lowest BCUT2D eigenvalue weighted by Crippen LogP contribution is -2.53. The van der Waals surface area contributed by atoms with E-state index in [4.69, 9.17) is 5.73 Å². The molecule has 1 aliphatic carbocycles. The van der Waals surface area contributed by atoms with E-state index in [9.17, 15) is 9.59 Å². The van der Waals surface area contributed by atoms with Crippen molar-refractivity contribution in [3.63, 3.8) is 0 Å². The van der Waals surface area contributed by atoms with Crippen LogP contribution >= 0.6 is 0 Å². The van der Waals surface area contributed by atoms with E-state index in [1.54, 1.807) is 24.3 Å². The standard InChI is InChI=1S/C16H22N2O2/c1-11-4-3-9-16(17,10-11)15(20)18-14-7-5-13(6-8-14)12(2)19/h5-8,11H,3-4,9-10,17H2,1-2H3,(H,18,20). The van der Waals surface area contributed by atoms with Gasteiger partial charge < -0.3 is 11.1 Å². The number of carbonyl (C=O) groups is 2. The van der Waals surface area contributed by atoms with E-state index in [0.29, 0.717) is 17.2 Å². The lowest BCUT2D eigenvalue weighted by molar-refractivity contribution is -0.122. The molecule has 0 aliphatic heterocycles. The van der Waals surface area contributed by atoms with E-state index < -0.39 is 5.54 Å². The summed E-state index contributed by atoms with van der Waals surface area (Å²) in [7, 11) is 0. The summed E-state index contributed by atoms with van der Waals surface area (Å²) in [6.07, 6.45) is 3.59. The van der Waals surface area contributed by atoms with Crippen LogP contribution in [0.3, 0.4) is 0 Å². The molecular formula is C16H22N2O2. The first-order chi connectivity index (χ1) is 9.40. The number of amides is 1. The smallest absolute Gasteiger partial charge is 0.244 e. The molecule has 1 amide bonds. The first kappa shape index (κ1) is 14.7. The summed E-state index contributed by atoms with van der Waals surface area (Å²) in [4.78, 5) is 23.6. The third-order valence-corrected chi connectivity index (χ3v) is 4.03. The van der Waals surface area contributed by atoms with Crippen molar-refractivity contribution in [1.29, 1.82) is 0 Å². The molecule has 0 saturated heterocycles. The Morgan fingerprint density at radius 1 is 1.30 bits per heavy atom. The first-order valence-corrected chi connectivity index (χ1v) is 7.12. The van der Waals surface area contributed by atoms with Gasteiger partial charge in [0.25, 0.3) is 0 Å². The summed E-state index contributed by atoms with van der Waals surface area (Å²) in [5.41, 5.74) is 6.81. The van der Waals surface area contributed by atoms with Crippen LogP contribution in [0.15, 0.2) is 24.3 Å². The molecule has 3 N–H and O–H groups in total. The normalized spacial score (nSPS) is 26.1. The largest absolute Gasteiger partial charge is 0.324 e. The Kier molecular flexibility index (Phi) is 4.23. The predicted molar refractivity (Wildman–Crippen MR) is 79.6 cm³/mol. The van der Waals surface area contributed by atoms with Crippen molar-refractivity contribution in [1.82, 2.24) is 0 Å². The Morgan fingerprint density at radius 3 is 2.50 bits per heavy atom. The van der Waals surface area contributed by atoms with Crippen LogP contribution in [0.25, 0.3) is 0 Å². The van der Waals surface area contributed by atoms with Crippen LogP contribution in [-0.2, 0) is 4.79 Å². The highest BCUT2D eigenvalue weighted by Gasteiger charge is 2.37. The molecule has 108 valence electrons. The summed E-state index contributed by atoms with van der Waals surface area (Å²) in [6.45, 7) is 3.65. The van der Waals surface area contributed by atoms with Gasteiger partial charge >= 0.3 is 0 Å². The maximum Gasteiger partial charge on any atom is 0.244 e. The fourth-order valence-corrected chi connectivity index (χ4v) is 2.84. The SMILES string of the molecule is CC(=O)c1ccc(NC(=O)C2(N)CCCC(C)C2)cc1. The van der Waals surface area contributed by atoms with Crippen molar-refractivity contribution in [2.45, 2.75) is 45.1 Å². The molecule has 1 aromatic rings. The van der Waals surface area contributed by atoms with Gasteiger partial charge in [0.2, 0.25) is 5.91 Å². The van der Waals surface area contributed by atoms with Crippen LogP contribution in [0.1, 0.15) is 49.9 Å². The van der Waals surface area contributed by atoms with Crippen LogP contribution < -0.4 is 11.1 Å². The predicted octanol–water partition coefficient (Wildman–Crippen LogP) is 2.74. The highest BCUT2D eigenvalue weighted by molar-refractivity contribution is 5.99. The second-order valence-electron chi connectivity index (χ2n) is 5.95. The zero-order valence-electron chi connectivity index (χ0n) is 12.1. The van der Waals surface area contributed by atoms with Crippen LogP contribution in [0, 0.1) is 5.92 Å². The fourth-order valence-electron chi connectivity index (χ4n) is 2.84. The van der Waals surface area contributed by atoms with Crippen LogP contribution in [0.2, 0.25) is 0 Å². The van der Waals surface area contributed by atoms with Crippen molar-refractivity contribution in [2.24, 2.45) is 11.7 Å². The van der Waals surface area contributed by atoms with Crippen LogP contribution in [0.4, 0.5) is 5.69 Å². The molecule has 0 heterocycles. The minimum Gasteiger partial charge on any atom is -0.324 e. The van der Waals surface area contributed by atoms with Gasteiger partial charge in [-0.15, -0.1) is 0 Å². The third kappa shape index (κ3) is 3.25. The number of nitrogens with two attached hydrogens (primary N) is 1. The molecule has 0 radical (unpaired) electrons. The van der Waals surface area contributed by atoms with Gasteiger partial charge in [0.1, 0.15) is 0 Å². The maximum atomic E-state index is 12.4. The van der Waals surface area contributed by atoms with Gasteiger partial charge in [-0.3, -0.25) is 9.59 Å². The van der Waals surface area contributed by atoms with E-state index in [2.05, 4.69) is 12.2 Å². The van der Waals surface area contributed by atoms with E-state index in [-0.39, 0.29) is 11.7 Å². The zero-order chi connectivity index (χ0) is 14.8. The molecule has 2 unspecified atom stereocenters. The Labute approximate surface area is 119 Å². The number of anilines is 1. The lowest BCUT2D eigenvalue weighted by atomic mass is 9.76. The number of ketones is 1. The second kappa shape index (κ2) is 5.75. The average Bonchev–Trinajstić information content (AvgIpc) is 2.39. The van der Waals surface area contributed by atoms with Crippen molar-refractivity contribution >= 4 is 17.4 Å². The average molecular weight is 274 g/mol. The van der Waals surface area contributed by atoms with E-state index in [1.807, 2.05) is 0 Å². The van der Waals surface area contributed by atoms with Crippen molar-refractivity contribution in [2.75, 3.05) is 5.32 Å². The summed E-state index contributed by atoms with van der Waals surface area (Å²) >= 11 is 0. The van der Waals surface area contributed by atoms with Gasteiger partial charge in [0.15, 0.2) is 5.78 Å². The number of hydrogen-bond acceptors (Lipinski definition) is 3. The van der Waals surface area contributed by atoms with Gasteiger partial charge in [-0.05, 0) is 49.9 Å². The molecular weight excluding hydrogens is 252 g/mol. The molecule has 1 fully saturated rings. The number of Topliss-reactive ketones (excluding diaryl/α,β-unsaturated/α-hetero) is 1. The second-order valence-corrected chi connectivity index (χ2v) is 5.95. The van der Waals surface area contributed by atoms with E-state index in [1.165, 1.54) is 6.92 Å². The summed E-state index contributed by atoms with van der Waals surface area (Å²) in [5.74, 6) is 0.374. The Morgan fingerprint density at radius 2 is 1.95 bits per heavy atom. The van der Waals surface area contributed by atoms with Gasteiger partial charge in [0, 0.05) is 11.3 Å². The minimum absolute atomic E-state index is 0.0132. The van der Waals surface area contributed by atoms with Gasteiger partial charge in [-0.2, -0.15) is 0 Å². The Balaban J connectivity index is 2.05. The lowest BCUT2D eigenvalue weighted by Gasteiger charge is -2.35. The zero-order valence-corrected chi connectivity index (χ0v) is 12.1. The van der Waals surface area contributed by atoms with Gasteiger partial charge in [-0.25, -0.2) is 0 Å². The summed E-state index contributed by atoms with van der Waals surface area (Å²) in [6, 6.07) is 6.91. The van der Waals surface area contributed by atoms with E-state index >= 15 is 0 Å². The quantitative estimate of drug-likeness (QED) is 0.832. The van der Waals surface area contributed by atoms with Crippen molar-refractivity contribution < 1.29 is 9.59 Å². The molecule has 0 bridgehead atoms. The molecule has 0 spiro atoms. The summed E-state index contributed by atoms with van der Waals surface area (Å²) in [5, 5.41) is 2.86. The number of hydrogen-bond donors (Lipinski definition) is 2. The fraction of sp³-hybridized carbons (Fsp3) is 0.500.